The lowest BCUT2D eigenvalue weighted by Crippen LogP contribution is -1.96. The Morgan fingerprint density at radius 2 is 1.71 bits per heavy atom. The Balaban J connectivity index is 2.03. The molecule has 0 atom stereocenters. The van der Waals surface area contributed by atoms with Crippen LogP contribution >= 0.6 is 11.8 Å². The Morgan fingerprint density at radius 1 is 0.941 bits per heavy atom. The summed E-state index contributed by atoms with van der Waals surface area (Å²) in [4.78, 5) is 2.39. The average molecular weight is 242 g/mol. The van der Waals surface area contributed by atoms with Crippen molar-refractivity contribution in [2.24, 2.45) is 0 Å². The van der Waals surface area contributed by atoms with Crippen LogP contribution in [-0.2, 0) is 0 Å². The van der Waals surface area contributed by atoms with Crippen LogP contribution in [0.15, 0.2) is 52.3 Å². The molecule has 0 saturated heterocycles. The molecule has 0 radical (unpaired) electrons. The minimum atomic E-state index is 0.533. The molecule has 1 nitrogen and oxygen atoms in total. The van der Waals surface area contributed by atoms with Gasteiger partial charge < -0.3 is 4.74 Å². The van der Waals surface area contributed by atoms with Gasteiger partial charge in [0.05, 0.1) is 9.79 Å². The van der Waals surface area contributed by atoms with E-state index >= 15 is 0 Å². The fraction of sp³-hybridized carbons (Fsp3) is 0.200. The van der Waals surface area contributed by atoms with Crippen LogP contribution < -0.4 is 4.74 Å². The third kappa shape index (κ3) is 1.93. The van der Waals surface area contributed by atoms with Crippen LogP contribution in [0.1, 0.15) is 25.3 Å². The molecular weight excluding hydrogens is 228 g/mol. The van der Waals surface area contributed by atoms with Crippen molar-refractivity contribution in [1.82, 2.24) is 0 Å². The second-order valence-corrected chi connectivity index (χ2v) is 5.60. The van der Waals surface area contributed by atoms with Crippen molar-refractivity contribution < 1.29 is 4.74 Å². The topological polar surface area (TPSA) is 9.23 Å². The predicted molar refractivity (Wildman–Crippen MR) is 71.2 cm³/mol. The summed E-state index contributed by atoms with van der Waals surface area (Å²) in [5, 5.41) is 0. The van der Waals surface area contributed by atoms with Crippen molar-refractivity contribution in [3.63, 3.8) is 0 Å². The van der Waals surface area contributed by atoms with Gasteiger partial charge in [-0.25, -0.2) is 0 Å². The van der Waals surface area contributed by atoms with Crippen molar-refractivity contribution in [1.29, 1.82) is 0 Å². The van der Waals surface area contributed by atoms with Crippen LogP contribution in [0, 0.1) is 0 Å². The molecule has 0 unspecified atom stereocenters. The Kier molecular flexibility index (Phi) is 2.60. The summed E-state index contributed by atoms with van der Waals surface area (Å²) in [7, 11) is 0. The van der Waals surface area contributed by atoms with Gasteiger partial charge in [0.25, 0.3) is 0 Å². The first-order chi connectivity index (χ1) is 8.24. The van der Waals surface area contributed by atoms with E-state index in [1.54, 1.807) is 11.8 Å². The van der Waals surface area contributed by atoms with E-state index in [0.29, 0.717) is 5.92 Å². The average Bonchev–Trinajstić information content (AvgIpc) is 2.35. The summed E-state index contributed by atoms with van der Waals surface area (Å²) in [6.07, 6.45) is 0. The monoisotopic (exact) mass is 242 g/mol. The molecule has 2 heteroatoms. The van der Waals surface area contributed by atoms with E-state index in [4.69, 9.17) is 4.74 Å². The second-order valence-electron chi connectivity index (χ2n) is 4.51. The lowest BCUT2D eigenvalue weighted by Gasteiger charge is -2.20. The zero-order chi connectivity index (χ0) is 11.8. The number of fused-ring (bicyclic) bond motifs is 2. The minimum absolute atomic E-state index is 0.533. The van der Waals surface area contributed by atoms with Crippen molar-refractivity contribution in [3.8, 4) is 11.5 Å². The molecule has 3 rings (SSSR count). The maximum absolute atomic E-state index is 5.95. The van der Waals surface area contributed by atoms with Gasteiger partial charge in [-0.05, 0) is 35.7 Å². The zero-order valence-corrected chi connectivity index (χ0v) is 10.8. The minimum Gasteiger partial charge on any atom is -0.455 e. The van der Waals surface area contributed by atoms with E-state index in [1.807, 2.05) is 18.2 Å². The van der Waals surface area contributed by atoms with E-state index in [-0.39, 0.29) is 0 Å². The molecule has 2 aromatic carbocycles. The van der Waals surface area contributed by atoms with E-state index in [1.165, 1.54) is 15.4 Å². The Labute approximate surface area is 106 Å². The molecule has 0 spiro atoms. The van der Waals surface area contributed by atoms with Gasteiger partial charge in [0.2, 0.25) is 0 Å². The van der Waals surface area contributed by atoms with Crippen LogP contribution in [0.3, 0.4) is 0 Å². The van der Waals surface area contributed by atoms with Gasteiger partial charge in [0.1, 0.15) is 11.5 Å². The van der Waals surface area contributed by atoms with Crippen molar-refractivity contribution in [3.05, 3.63) is 48.0 Å². The number of para-hydroxylation sites is 1. The molecule has 0 fully saturated rings. The smallest absolute Gasteiger partial charge is 0.141 e. The van der Waals surface area contributed by atoms with Gasteiger partial charge in [-0.15, -0.1) is 0 Å². The van der Waals surface area contributed by atoms with Crippen LogP contribution in [0.4, 0.5) is 0 Å². The van der Waals surface area contributed by atoms with Gasteiger partial charge in [0.15, 0.2) is 0 Å². The molecule has 0 N–H and O–H groups in total. The summed E-state index contributed by atoms with van der Waals surface area (Å²) >= 11 is 1.78. The third-order valence-electron chi connectivity index (χ3n) is 2.92. The van der Waals surface area contributed by atoms with Gasteiger partial charge in [-0.2, -0.15) is 0 Å². The van der Waals surface area contributed by atoms with E-state index in [0.717, 1.165) is 11.5 Å². The molecule has 0 bridgehead atoms. The molecule has 1 aliphatic rings. The van der Waals surface area contributed by atoms with Crippen molar-refractivity contribution in [2.45, 2.75) is 29.6 Å². The molecule has 0 aromatic heterocycles. The highest BCUT2D eigenvalue weighted by Crippen LogP contribution is 2.47. The molecule has 17 heavy (non-hydrogen) atoms. The zero-order valence-electron chi connectivity index (χ0n) is 9.94. The Morgan fingerprint density at radius 3 is 2.53 bits per heavy atom. The SMILES string of the molecule is CC(C)c1ccc2c(c1)Oc1ccccc1S2. The number of rotatable bonds is 1. The normalized spacial score (nSPS) is 12.9. The summed E-state index contributed by atoms with van der Waals surface area (Å²) in [5.41, 5.74) is 1.32. The van der Waals surface area contributed by atoms with E-state index in [9.17, 15) is 0 Å². The van der Waals surface area contributed by atoms with Gasteiger partial charge in [0, 0.05) is 0 Å². The maximum atomic E-state index is 5.95. The van der Waals surface area contributed by atoms with E-state index < -0.39 is 0 Å². The molecule has 0 aliphatic carbocycles. The molecule has 86 valence electrons. The molecule has 0 amide bonds. The molecule has 1 aliphatic heterocycles. The van der Waals surface area contributed by atoms with Gasteiger partial charge >= 0.3 is 0 Å². The molecule has 2 aromatic rings. The number of hydrogen-bond acceptors (Lipinski definition) is 2. The first-order valence-corrected chi connectivity index (χ1v) is 6.64. The first kappa shape index (κ1) is 10.7. The highest BCUT2D eigenvalue weighted by atomic mass is 32.2. The number of ether oxygens (including phenoxy) is 1. The largest absolute Gasteiger partial charge is 0.455 e. The predicted octanol–water partition coefficient (Wildman–Crippen LogP) is 5.07. The maximum Gasteiger partial charge on any atom is 0.141 e. The summed E-state index contributed by atoms with van der Waals surface area (Å²) < 4.78 is 5.95. The first-order valence-electron chi connectivity index (χ1n) is 5.83. The lowest BCUT2D eigenvalue weighted by molar-refractivity contribution is 0.453. The van der Waals surface area contributed by atoms with E-state index in [2.05, 4.69) is 38.1 Å². The summed E-state index contributed by atoms with van der Waals surface area (Å²) in [6.45, 7) is 4.40. The summed E-state index contributed by atoms with van der Waals surface area (Å²) in [5.74, 6) is 2.48. The fourth-order valence-corrected chi connectivity index (χ4v) is 2.83. The van der Waals surface area contributed by atoms with Crippen molar-refractivity contribution in [2.75, 3.05) is 0 Å². The second kappa shape index (κ2) is 4.11. The molecule has 0 saturated carbocycles. The van der Waals surface area contributed by atoms with Gasteiger partial charge in [-0.1, -0.05) is 43.8 Å². The summed E-state index contributed by atoms with van der Waals surface area (Å²) in [6, 6.07) is 14.7. The fourth-order valence-electron chi connectivity index (χ4n) is 1.90. The number of hydrogen-bond donors (Lipinski definition) is 0. The van der Waals surface area contributed by atoms with Crippen LogP contribution in [0.5, 0.6) is 11.5 Å². The number of benzene rings is 2. The highest BCUT2D eigenvalue weighted by Gasteiger charge is 2.17. The standard InChI is InChI=1S/C15H14OS/c1-10(2)11-7-8-15-13(9-11)16-12-5-3-4-6-14(12)17-15/h3-10H,1-2H3. The lowest BCUT2D eigenvalue weighted by atomic mass is 10.0. The van der Waals surface area contributed by atoms with Crippen LogP contribution in [0.25, 0.3) is 0 Å². The quantitative estimate of drug-likeness (QED) is 0.589. The third-order valence-corrected chi connectivity index (χ3v) is 4.04. The Bertz CT molecular complexity index is 561. The van der Waals surface area contributed by atoms with Crippen molar-refractivity contribution >= 4 is 11.8 Å². The van der Waals surface area contributed by atoms with Crippen LogP contribution in [-0.4, -0.2) is 0 Å². The molecule has 1 heterocycles. The van der Waals surface area contributed by atoms with Gasteiger partial charge in [-0.3, -0.25) is 0 Å². The Hall–Kier alpha value is -1.41. The highest BCUT2D eigenvalue weighted by molar-refractivity contribution is 7.99. The van der Waals surface area contributed by atoms with Crippen LogP contribution in [0.2, 0.25) is 0 Å². The molecular formula is C15H14OS.